The van der Waals surface area contributed by atoms with Crippen LogP contribution in [0.3, 0.4) is 0 Å². The average molecular weight is 1330 g/mol. The van der Waals surface area contributed by atoms with Crippen LogP contribution in [0.5, 0.6) is 23.0 Å². The van der Waals surface area contributed by atoms with Gasteiger partial charge in [0.15, 0.2) is 6.29 Å². The molecule has 11 rings (SSSR count). The van der Waals surface area contributed by atoms with Crippen LogP contribution in [0.1, 0.15) is 47.4 Å². The molecular formula is C67H74O12S8. The summed E-state index contributed by atoms with van der Waals surface area (Å²) >= 11 is 13.9. The zero-order valence-corrected chi connectivity index (χ0v) is 55.2. The van der Waals surface area contributed by atoms with Crippen LogP contribution in [0.4, 0.5) is 0 Å². The molecule has 3 fully saturated rings. The molecule has 10 atom stereocenters. The van der Waals surface area contributed by atoms with E-state index in [4.69, 9.17) is 56.8 Å². The molecule has 0 aliphatic carbocycles. The Bertz CT molecular complexity index is 3120. The van der Waals surface area contributed by atoms with Gasteiger partial charge in [0.05, 0.1) is 45.7 Å². The number of thioether (sulfide) groups is 4. The van der Waals surface area contributed by atoms with E-state index in [1.807, 2.05) is 6.92 Å². The Morgan fingerprint density at radius 3 is 1.03 bits per heavy atom. The van der Waals surface area contributed by atoms with Crippen LogP contribution in [0.25, 0.3) is 0 Å². The van der Waals surface area contributed by atoms with Gasteiger partial charge >= 0.3 is 0 Å². The maximum Gasteiger partial charge on any atom is 0.160 e. The number of ether oxygens (including phenoxy) is 12. The van der Waals surface area contributed by atoms with Crippen LogP contribution in [-0.4, -0.2) is 145 Å². The van der Waals surface area contributed by atoms with Crippen LogP contribution in [-0.2, 0) is 37.9 Å². The number of hydrogen-bond acceptors (Lipinski definition) is 20. The average Bonchev–Trinajstić information content (AvgIpc) is 2.31. The van der Waals surface area contributed by atoms with Crippen molar-refractivity contribution in [1.29, 1.82) is 0 Å². The maximum absolute atomic E-state index is 6.57. The summed E-state index contributed by atoms with van der Waals surface area (Å²) in [5, 5.41) is 17.1. The molecule has 7 heterocycles. The molecule has 0 N–H and O–H groups in total. The first-order valence-electron chi connectivity index (χ1n) is 29.3. The van der Waals surface area contributed by atoms with Gasteiger partial charge in [0.2, 0.25) is 0 Å². The summed E-state index contributed by atoms with van der Waals surface area (Å²) in [6.07, 6.45) is 0.419. The second-order valence-electron chi connectivity index (χ2n) is 21.2. The quantitative estimate of drug-likeness (QED) is 0.0267. The molecule has 12 nitrogen and oxygen atoms in total. The fraction of sp³-hybridized carbons (Fsp3) is 0.403. The van der Waals surface area contributed by atoms with Crippen molar-refractivity contribution in [3.8, 4) is 23.0 Å². The molecule has 4 aromatic heterocycles. The Morgan fingerprint density at radius 2 is 0.747 bits per heavy atom. The SMILES string of the molecule is COC(C)COC(COc1ccc(C(c2ccc(OCC(CSc3ccsc3)OCC3CO3)cc2)C(c2ccc(OCC(CSc3ccsc3)OCC3CO3)cc2)c2ccc(OCC(CSc3ccsc3)OC3CCO3)cc2)cc1)CSc1ccsc1. The summed E-state index contributed by atoms with van der Waals surface area (Å²) < 4.78 is 74.0. The lowest BCUT2D eigenvalue weighted by atomic mass is 9.73. The molecule has 0 bridgehead atoms. The van der Waals surface area contributed by atoms with Gasteiger partial charge in [-0.3, -0.25) is 0 Å². The third-order valence-electron chi connectivity index (χ3n) is 14.6. The van der Waals surface area contributed by atoms with Gasteiger partial charge in [-0.05, 0) is 123 Å². The molecule has 3 aliphatic rings. The van der Waals surface area contributed by atoms with Crippen molar-refractivity contribution in [2.24, 2.45) is 0 Å². The smallest absolute Gasteiger partial charge is 0.160 e. The van der Waals surface area contributed by atoms with Crippen LogP contribution < -0.4 is 18.9 Å². The van der Waals surface area contributed by atoms with Gasteiger partial charge in [-0.25, -0.2) is 0 Å². The second-order valence-corrected chi connectivity index (χ2v) is 28.7. The van der Waals surface area contributed by atoms with Gasteiger partial charge in [-0.2, -0.15) is 45.3 Å². The molecular weight excluding hydrogens is 1250 g/mol. The summed E-state index contributed by atoms with van der Waals surface area (Å²) in [5.41, 5.74) is 4.46. The molecule has 462 valence electrons. The molecule has 87 heavy (non-hydrogen) atoms. The number of benzene rings is 4. The van der Waals surface area contributed by atoms with E-state index in [0.29, 0.717) is 46.2 Å². The van der Waals surface area contributed by atoms with Gasteiger partial charge < -0.3 is 56.8 Å². The fourth-order valence-corrected chi connectivity index (χ4v) is 16.4. The van der Waals surface area contributed by atoms with E-state index in [-0.39, 0.29) is 60.9 Å². The van der Waals surface area contributed by atoms with Gasteiger partial charge in [-0.15, -0.1) is 47.0 Å². The van der Waals surface area contributed by atoms with E-state index < -0.39 is 0 Å². The van der Waals surface area contributed by atoms with Crippen molar-refractivity contribution in [2.45, 2.75) is 93.8 Å². The molecule has 0 amide bonds. The molecule has 0 spiro atoms. The van der Waals surface area contributed by atoms with Crippen LogP contribution in [0, 0.1) is 0 Å². The lowest BCUT2D eigenvalue weighted by Gasteiger charge is -2.31. The normalized spacial score (nSPS) is 18.6. The number of hydrogen-bond donors (Lipinski definition) is 0. The van der Waals surface area contributed by atoms with Crippen molar-refractivity contribution in [3.63, 3.8) is 0 Å². The molecule has 8 aromatic rings. The lowest BCUT2D eigenvalue weighted by molar-refractivity contribution is -0.235. The summed E-state index contributed by atoms with van der Waals surface area (Å²) in [6, 6.07) is 42.9. The number of epoxide rings is 2. The molecule has 10 unspecified atom stereocenters. The zero-order chi connectivity index (χ0) is 59.2. The standard InChI is InChI=1S/C67H74O12S8/c1-46(68-2)29-70-57(38-84-61-20-25-80-42-61)34-71-51-11-3-47(4-12-51)66(48-5-13-52(14-6-48)72-35-58(77-32-55-30-75-55)39-85-62-21-26-81-43-62)67(49-7-15-53(16-8-49)73-36-59(78-33-56-31-76-56)40-86-63-22-27-82-44-63)50-9-17-54(18-10-50)74-37-60(79-65-19-24-69-65)41-87-64-23-28-83-45-64/h3-18,20-23,25-28,42-46,55-60,65-67H,19,24,29-41H2,1-2H3. The number of thiophene rings is 4. The van der Waals surface area contributed by atoms with Gasteiger partial charge in [-0.1, -0.05) is 48.5 Å². The molecule has 0 radical (unpaired) electrons. The Balaban J connectivity index is 0.871. The van der Waals surface area contributed by atoms with Gasteiger partial charge in [0, 0.05) is 89.5 Å². The van der Waals surface area contributed by atoms with Crippen LogP contribution in [0.2, 0.25) is 0 Å². The number of methoxy groups -OCH3 is 1. The van der Waals surface area contributed by atoms with Crippen molar-refractivity contribution in [1.82, 2.24) is 0 Å². The second kappa shape index (κ2) is 34.4. The summed E-state index contributed by atoms with van der Waals surface area (Å²) in [5.74, 6) is 5.74. The molecule has 0 saturated carbocycles. The van der Waals surface area contributed by atoms with Crippen LogP contribution in [0.15, 0.2) is 184 Å². The molecule has 3 aliphatic heterocycles. The minimum Gasteiger partial charge on any atom is -0.491 e. The van der Waals surface area contributed by atoms with Crippen molar-refractivity contribution in [2.75, 3.05) is 96.2 Å². The van der Waals surface area contributed by atoms with E-state index in [1.54, 1.807) is 99.5 Å². The first kappa shape index (κ1) is 64.5. The Morgan fingerprint density at radius 1 is 0.425 bits per heavy atom. The Kier molecular flexibility index (Phi) is 25.5. The van der Waals surface area contributed by atoms with E-state index in [2.05, 4.69) is 164 Å². The maximum atomic E-state index is 6.57. The van der Waals surface area contributed by atoms with Gasteiger partial charge in [0.1, 0.15) is 86.0 Å². The predicted molar refractivity (Wildman–Crippen MR) is 356 cm³/mol. The highest BCUT2D eigenvalue weighted by Crippen LogP contribution is 2.45. The highest BCUT2D eigenvalue weighted by molar-refractivity contribution is 8.00. The van der Waals surface area contributed by atoms with Crippen molar-refractivity contribution < 1.29 is 56.8 Å². The lowest BCUT2D eigenvalue weighted by Crippen LogP contribution is -2.37. The van der Waals surface area contributed by atoms with E-state index in [9.17, 15) is 0 Å². The highest BCUT2D eigenvalue weighted by atomic mass is 32.2. The van der Waals surface area contributed by atoms with Crippen molar-refractivity contribution in [3.05, 3.63) is 187 Å². The zero-order valence-electron chi connectivity index (χ0n) is 48.7. The Hall–Kier alpha value is -4.04. The third kappa shape index (κ3) is 21.3. The Labute approximate surface area is 544 Å². The number of rotatable bonds is 41. The third-order valence-corrected chi connectivity index (χ3v) is 22.4. The summed E-state index contributed by atoms with van der Waals surface area (Å²) in [7, 11) is 1.71. The minimum absolute atomic E-state index is 0.0369. The first-order chi connectivity index (χ1) is 42.9. The highest BCUT2D eigenvalue weighted by Gasteiger charge is 2.31. The largest absolute Gasteiger partial charge is 0.491 e. The fourth-order valence-electron chi connectivity index (χ4n) is 9.34. The van der Waals surface area contributed by atoms with Gasteiger partial charge in [0.25, 0.3) is 0 Å². The summed E-state index contributed by atoms with van der Waals surface area (Å²) in [4.78, 5) is 4.91. The van der Waals surface area contributed by atoms with Crippen molar-refractivity contribution >= 4 is 92.4 Å². The monoisotopic (exact) mass is 1330 g/mol. The summed E-state index contributed by atoms with van der Waals surface area (Å²) in [6.45, 7) is 7.40. The van der Waals surface area contributed by atoms with E-state index in [0.717, 1.165) is 94.5 Å². The van der Waals surface area contributed by atoms with E-state index >= 15 is 0 Å². The molecule has 4 aromatic carbocycles. The minimum atomic E-state index is -0.201. The van der Waals surface area contributed by atoms with E-state index in [1.165, 1.54) is 19.6 Å². The topological polar surface area (TPSA) is 117 Å². The molecule has 20 heteroatoms. The predicted octanol–water partition coefficient (Wildman–Crippen LogP) is 15.7. The first-order valence-corrected chi connectivity index (χ1v) is 37.0. The molecule has 3 saturated heterocycles. The van der Waals surface area contributed by atoms with Crippen LogP contribution >= 0.6 is 92.4 Å².